The lowest BCUT2D eigenvalue weighted by Crippen LogP contribution is -2.38. The molecule has 4 nitrogen and oxygen atoms in total. The summed E-state index contributed by atoms with van der Waals surface area (Å²) >= 11 is 0. The van der Waals surface area contributed by atoms with Crippen molar-refractivity contribution in [2.24, 2.45) is 0 Å². The van der Waals surface area contributed by atoms with Gasteiger partial charge >= 0.3 is 0 Å². The Labute approximate surface area is 85.7 Å². The van der Waals surface area contributed by atoms with Gasteiger partial charge in [-0.3, -0.25) is 4.79 Å². The first-order valence-corrected chi connectivity index (χ1v) is 4.88. The van der Waals surface area contributed by atoms with E-state index < -0.39 is 0 Å². The van der Waals surface area contributed by atoms with Gasteiger partial charge in [0.1, 0.15) is 5.78 Å². The number of likely N-dealkylation sites (N-methyl/N-ethyl adjacent to an activating group) is 2. The minimum atomic E-state index is 0.0299. The van der Waals surface area contributed by atoms with Crippen LogP contribution in [0, 0.1) is 0 Å². The van der Waals surface area contributed by atoms with Crippen molar-refractivity contribution in [2.75, 3.05) is 20.6 Å². The molecule has 0 heterocycles. The molecule has 14 heavy (non-hydrogen) atoms. The molecule has 1 N–H and O–H groups in total. The number of amides is 1. The van der Waals surface area contributed by atoms with Crippen LogP contribution in [-0.4, -0.2) is 43.3 Å². The van der Waals surface area contributed by atoms with Crippen LogP contribution >= 0.6 is 0 Å². The number of Topliss-reactive ketones (excluding diaryl/α,β-unsaturated/α-hetero) is 1. The molecule has 0 spiro atoms. The Bertz CT molecular complexity index is 204. The van der Waals surface area contributed by atoms with Gasteiger partial charge in [0, 0.05) is 32.5 Å². The maximum absolute atomic E-state index is 11.4. The molecule has 0 aromatic rings. The van der Waals surface area contributed by atoms with Crippen molar-refractivity contribution in [2.45, 2.75) is 32.7 Å². The molecule has 0 saturated heterocycles. The Morgan fingerprint density at radius 1 is 1.36 bits per heavy atom. The summed E-state index contributed by atoms with van der Waals surface area (Å²) in [6, 6.07) is 0.279. The topological polar surface area (TPSA) is 49.4 Å². The van der Waals surface area contributed by atoms with E-state index in [9.17, 15) is 9.59 Å². The Kier molecular flexibility index (Phi) is 6.12. The second-order valence-electron chi connectivity index (χ2n) is 3.67. The fourth-order valence-electron chi connectivity index (χ4n) is 1.08. The van der Waals surface area contributed by atoms with E-state index in [0.717, 1.165) is 0 Å². The lowest BCUT2D eigenvalue weighted by molar-refractivity contribution is -0.132. The molecule has 1 atom stereocenters. The molecule has 4 heteroatoms. The first-order valence-electron chi connectivity index (χ1n) is 4.88. The lowest BCUT2D eigenvalue weighted by atomic mass is 10.2. The minimum absolute atomic E-state index is 0.0299. The Morgan fingerprint density at radius 2 is 1.93 bits per heavy atom. The van der Waals surface area contributed by atoms with Crippen molar-refractivity contribution in [3.63, 3.8) is 0 Å². The van der Waals surface area contributed by atoms with Crippen molar-refractivity contribution in [3.05, 3.63) is 0 Å². The Hall–Kier alpha value is -0.900. The Morgan fingerprint density at radius 3 is 2.36 bits per heavy atom. The molecule has 0 aliphatic carbocycles. The van der Waals surface area contributed by atoms with Gasteiger partial charge < -0.3 is 15.0 Å². The third-order valence-electron chi connectivity index (χ3n) is 2.16. The molecule has 0 fully saturated rings. The second kappa shape index (κ2) is 6.54. The Balaban J connectivity index is 3.81. The third kappa shape index (κ3) is 5.70. The molecule has 1 unspecified atom stereocenters. The molecule has 0 aromatic heterocycles. The van der Waals surface area contributed by atoms with E-state index in [0.29, 0.717) is 19.4 Å². The highest BCUT2D eigenvalue weighted by molar-refractivity contribution is 5.83. The standard InChI is InChI=1S/C10H20N2O2/c1-8(11-3)7-12(4)10(14)6-5-9(2)13/h8,11H,5-7H2,1-4H3. The maximum atomic E-state index is 11.4. The fraction of sp³-hybridized carbons (Fsp3) is 0.800. The lowest BCUT2D eigenvalue weighted by Gasteiger charge is -2.21. The molecule has 0 aliphatic rings. The zero-order chi connectivity index (χ0) is 11.1. The number of rotatable bonds is 6. The van der Waals surface area contributed by atoms with E-state index in [-0.39, 0.29) is 17.7 Å². The molecule has 1 amide bonds. The highest BCUT2D eigenvalue weighted by Crippen LogP contribution is 1.97. The van der Waals surface area contributed by atoms with Crippen LogP contribution in [0.2, 0.25) is 0 Å². The van der Waals surface area contributed by atoms with E-state index in [1.165, 1.54) is 6.92 Å². The SMILES string of the molecule is CNC(C)CN(C)C(=O)CCC(C)=O. The van der Waals surface area contributed by atoms with Gasteiger partial charge in [0.2, 0.25) is 5.91 Å². The zero-order valence-electron chi connectivity index (χ0n) is 9.46. The smallest absolute Gasteiger partial charge is 0.222 e. The van der Waals surface area contributed by atoms with Crippen molar-refractivity contribution in [1.82, 2.24) is 10.2 Å². The molecule has 82 valence electrons. The molecular formula is C10H20N2O2. The van der Waals surface area contributed by atoms with Crippen molar-refractivity contribution >= 4 is 11.7 Å². The zero-order valence-corrected chi connectivity index (χ0v) is 9.46. The predicted molar refractivity (Wildman–Crippen MR) is 56.1 cm³/mol. The molecule has 0 radical (unpaired) electrons. The number of ketones is 1. The summed E-state index contributed by atoms with van der Waals surface area (Å²) in [7, 11) is 3.62. The number of nitrogens with zero attached hydrogens (tertiary/aromatic N) is 1. The van der Waals surface area contributed by atoms with Crippen LogP contribution < -0.4 is 5.32 Å². The molecular weight excluding hydrogens is 180 g/mol. The highest BCUT2D eigenvalue weighted by Gasteiger charge is 2.11. The minimum Gasteiger partial charge on any atom is -0.344 e. The average molecular weight is 200 g/mol. The van der Waals surface area contributed by atoms with Crippen molar-refractivity contribution in [1.29, 1.82) is 0 Å². The summed E-state index contributed by atoms with van der Waals surface area (Å²) in [4.78, 5) is 23.8. The van der Waals surface area contributed by atoms with Crippen molar-refractivity contribution < 1.29 is 9.59 Å². The van der Waals surface area contributed by atoms with E-state index in [1.807, 2.05) is 14.0 Å². The predicted octanol–water partition coefficient (Wildman–Crippen LogP) is 0.422. The summed E-state index contributed by atoms with van der Waals surface area (Å²) in [5.74, 6) is 0.0933. The summed E-state index contributed by atoms with van der Waals surface area (Å²) < 4.78 is 0. The first-order chi connectivity index (χ1) is 6.47. The molecule has 0 bridgehead atoms. The highest BCUT2D eigenvalue weighted by atomic mass is 16.2. The molecule has 0 rings (SSSR count). The average Bonchev–Trinajstić information content (AvgIpc) is 2.13. The number of carbonyl (C=O) groups is 2. The van der Waals surface area contributed by atoms with Crippen molar-refractivity contribution in [3.8, 4) is 0 Å². The van der Waals surface area contributed by atoms with E-state index in [4.69, 9.17) is 0 Å². The first kappa shape index (κ1) is 13.1. The van der Waals surface area contributed by atoms with E-state index in [2.05, 4.69) is 5.32 Å². The van der Waals surface area contributed by atoms with Crippen LogP contribution in [0.25, 0.3) is 0 Å². The number of hydrogen-bond acceptors (Lipinski definition) is 3. The fourth-order valence-corrected chi connectivity index (χ4v) is 1.08. The van der Waals surface area contributed by atoms with Gasteiger partial charge in [0.15, 0.2) is 0 Å². The maximum Gasteiger partial charge on any atom is 0.222 e. The van der Waals surface area contributed by atoms with Crippen LogP contribution in [-0.2, 0) is 9.59 Å². The second-order valence-corrected chi connectivity index (χ2v) is 3.67. The normalized spacial score (nSPS) is 12.3. The summed E-state index contributed by atoms with van der Waals surface area (Å²) in [5, 5.41) is 3.05. The van der Waals surface area contributed by atoms with Crippen LogP contribution in [0.3, 0.4) is 0 Å². The van der Waals surface area contributed by atoms with Crippen LogP contribution in [0.5, 0.6) is 0 Å². The van der Waals surface area contributed by atoms with Gasteiger partial charge in [-0.05, 0) is 20.9 Å². The third-order valence-corrected chi connectivity index (χ3v) is 2.16. The van der Waals surface area contributed by atoms with Gasteiger partial charge in [-0.25, -0.2) is 0 Å². The summed E-state index contributed by atoms with van der Waals surface area (Å²) in [5.41, 5.74) is 0. The summed E-state index contributed by atoms with van der Waals surface area (Å²) in [6.07, 6.45) is 0.666. The van der Waals surface area contributed by atoms with Crippen LogP contribution in [0.15, 0.2) is 0 Å². The van der Waals surface area contributed by atoms with Gasteiger partial charge in [-0.15, -0.1) is 0 Å². The van der Waals surface area contributed by atoms with Gasteiger partial charge in [0.25, 0.3) is 0 Å². The quantitative estimate of drug-likeness (QED) is 0.676. The monoisotopic (exact) mass is 200 g/mol. The van der Waals surface area contributed by atoms with Gasteiger partial charge in [-0.2, -0.15) is 0 Å². The van der Waals surface area contributed by atoms with Crippen LogP contribution in [0.4, 0.5) is 0 Å². The van der Waals surface area contributed by atoms with Crippen LogP contribution in [0.1, 0.15) is 26.7 Å². The van der Waals surface area contributed by atoms with Gasteiger partial charge in [-0.1, -0.05) is 0 Å². The molecule has 0 aliphatic heterocycles. The van der Waals surface area contributed by atoms with Gasteiger partial charge in [0.05, 0.1) is 0 Å². The number of nitrogens with one attached hydrogen (secondary N) is 1. The largest absolute Gasteiger partial charge is 0.344 e. The molecule has 0 saturated carbocycles. The van der Waals surface area contributed by atoms with E-state index >= 15 is 0 Å². The molecule has 0 aromatic carbocycles. The number of carbonyl (C=O) groups excluding carboxylic acids is 2. The summed E-state index contributed by atoms with van der Waals surface area (Å²) in [6.45, 7) is 4.19. The number of hydrogen-bond donors (Lipinski definition) is 1. The van der Waals surface area contributed by atoms with E-state index in [1.54, 1.807) is 11.9 Å².